The van der Waals surface area contributed by atoms with Crippen molar-refractivity contribution in [2.45, 2.75) is 19.4 Å². The fraction of sp³-hybridized carbons (Fsp3) is 0.556. The van der Waals surface area contributed by atoms with Crippen LogP contribution < -0.4 is 11.1 Å². The minimum Gasteiger partial charge on any atom is -0.383 e. The van der Waals surface area contributed by atoms with Crippen LogP contribution in [0.2, 0.25) is 0 Å². The Labute approximate surface area is 96.4 Å². The number of nitrogen functional groups attached to an aromatic ring is 1. The van der Waals surface area contributed by atoms with Crippen LogP contribution in [0.4, 0.5) is 5.82 Å². The van der Waals surface area contributed by atoms with Crippen LogP contribution in [0.15, 0.2) is 6.20 Å². The third kappa shape index (κ3) is 3.65. The molecule has 0 saturated heterocycles. The quantitative estimate of drug-likeness (QED) is 0.672. The lowest BCUT2D eigenvalue weighted by molar-refractivity contribution is 0.0940. The summed E-state index contributed by atoms with van der Waals surface area (Å²) < 4.78 is 10.9. The molecule has 0 fully saturated rings. The van der Waals surface area contributed by atoms with Crippen LogP contribution in [-0.4, -0.2) is 38.4 Å². The second-order valence-electron chi connectivity index (χ2n) is 3.64. The topological polar surface area (TPSA) is 101 Å². The molecule has 1 aromatic rings. The molecule has 0 aliphatic carbocycles. The Morgan fingerprint density at radius 2 is 2.44 bits per heavy atom. The maximum Gasteiger partial charge on any atom is 0.256 e. The lowest BCUT2D eigenvalue weighted by Gasteiger charge is -2.12. The maximum atomic E-state index is 11.7. The molecule has 2 atom stereocenters. The van der Waals surface area contributed by atoms with E-state index in [1.165, 1.54) is 6.20 Å². The zero-order valence-corrected chi connectivity index (χ0v) is 10.1. The number of aromatic amines is 1. The highest BCUT2D eigenvalue weighted by Crippen LogP contribution is 2.06. The van der Waals surface area contributed by atoms with Gasteiger partial charge in [0.15, 0.2) is 0 Å². The molecule has 4 N–H and O–H groups in total. The Balaban J connectivity index is 2.46. The molecule has 2 unspecified atom stereocenters. The summed E-state index contributed by atoms with van der Waals surface area (Å²) in [5.74, 6) is 0.562. The van der Waals surface area contributed by atoms with Crippen molar-refractivity contribution in [1.82, 2.24) is 15.5 Å². The van der Waals surface area contributed by atoms with Crippen molar-refractivity contribution in [2.75, 3.05) is 17.7 Å². The molecule has 0 bridgehead atoms. The number of nitrogens with two attached hydrogens (primary N) is 1. The first-order chi connectivity index (χ1) is 7.50. The molecule has 1 rings (SSSR count). The second-order valence-corrected chi connectivity index (χ2v) is 5.19. The Hall–Kier alpha value is -1.37. The number of amides is 1. The van der Waals surface area contributed by atoms with Crippen LogP contribution >= 0.6 is 0 Å². The second kappa shape index (κ2) is 5.64. The van der Waals surface area contributed by atoms with E-state index in [1.807, 2.05) is 6.92 Å². The number of H-pyrrole nitrogens is 1. The summed E-state index contributed by atoms with van der Waals surface area (Å²) in [7, 11) is -0.837. The monoisotopic (exact) mass is 244 g/mol. The lowest BCUT2D eigenvalue weighted by atomic mass is 10.2. The predicted octanol–water partition coefficient (Wildman–Crippen LogP) is -0.121. The van der Waals surface area contributed by atoms with Crippen molar-refractivity contribution in [3.63, 3.8) is 0 Å². The number of carbonyl (C=O) groups is 1. The summed E-state index contributed by atoms with van der Waals surface area (Å²) in [4.78, 5) is 11.7. The summed E-state index contributed by atoms with van der Waals surface area (Å²) in [6.45, 7) is 1.86. The lowest BCUT2D eigenvalue weighted by Crippen LogP contribution is -2.33. The highest BCUT2D eigenvalue weighted by Gasteiger charge is 2.14. The molecule has 1 aromatic heterocycles. The van der Waals surface area contributed by atoms with Gasteiger partial charge in [-0.05, 0) is 13.3 Å². The summed E-state index contributed by atoms with van der Waals surface area (Å²) in [5.41, 5.74) is 5.85. The molecular weight excluding hydrogens is 228 g/mol. The van der Waals surface area contributed by atoms with E-state index < -0.39 is 10.8 Å². The SMILES string of the molecule is CC(CCS(C)=O)NC(=O)c1cn[nH]c1N. The van der Waals surface area contributed by atoms with Gasteiger partial charge in [-0.3, -0.25) is 14.1 Å². The number of hydrogen-bond donors (Lipinski definition) is 3. The van der Waals surface area contributed by atoms with E-state index in [4.69, 9.17) is 5.73 Å². The summed E-state index contributed by atoms with van der Waals surface area (Å²) in [6, 6.07) is -0.0364. The van der Waals surface area contributed by atoms with Gasteiger partial charge in [0.25, 0.3) is 5.91 Å². The molecule has 0 aromatic carbocycles. The van der Waals surface area contributed by atoms with Gasteiger partial charge in [-0.15, -0.1) is 0 Å². The number of carbonyl (C=O) groups excluding carboxylic acids is 1. The van der Waals surface area contributed by atoms with Gasteiger partial charge in [0, 0.05) is 28.9 Å². The van der Waals surface area contributed by atoms with Crippen LogP contribution in [0.5, 0.6) is 0 Å². The van der Waals surface area contributed by atoms with Crippen LogP contribution in [0.25, 0.3) is 0 Å². The van der Waals surface area contributed by atoms with Crippen molar-refractivity contribution >= 4 is 22.5 Å². The summed E-state index contributed by atoms with van der Waals surface area (Å²) in [5, 5.41) is 8.92. The molecule has 6 nitrogen and oxygen atoms in total. The molecule has 90 valence electrons. The van der Waals surface area contributed by atoms with Crippen molar-refractivity contribution in [2.24, 2.45) is 0 Å². The minimum atomic E-state index is -0.837. The number of anilines is 1. The van der Waals surface area contributed by atoms with Crippen molar-refractivity contribution in [3.8, 4) is 0 Å². The zero-order chi connectivity index (χ0) is 12.1. The Morgan fingerprint density at radius 3 is 2.94 bits per heavy atom. The van der Waals surface area contributed by atoms with Crippen LogP contribution in [0, 0.1) is 0 Å². The van der Waals surface area contributed by atoms with E-state index in [9.17, 15) is 9.00 Å². The molecule has 0 spiro atoms. The average molecular weight is 244 g/mol. The van der Waals surface area contributed by atoms with Gasteiger partial charge in [0.2, 0.25) is 0 Å². The van der Waals surface area contributed by atoms with Gasteiger partial charge < -0.3 is 11.1 Å². The van der Waals surface area contributed by atoms with Gasteiger partial charge in [0.1, 0.15) is 11.4 Å². The molecule has 0 saturated carbocycles. The number of hydrogen-bond acceptors (Lipinski definition) is 4. The number of nitrogens with zero attached hydrogens (tertiary/aromatic N) is 1. The van der Waals surface area contributed by atoms with E-state index in [0.29, 0.717) is 17.7 Å². The molecule has 1 amide bonds. The predicted molar refractivity (Wildman–Crippen MR) is 63.5 cm³/mol. The number of aromatic nitrogens is 2. The van der Waals surface area contributed by atoms with Gasteiger partial charge in [-0.25, -0.2) is 0 Å². The first kappa shape index (κ1) is 12.7. The van der Waals surface area contributed by atoms with E-state index in [-0.39, 0.29) is 17.8 Å². The van der Waals surface area contributed by atoms with Crippen molar-refractivity contribution in [3.05, 3.63) is 11.8 Å². The number of nitrogens with one attached hydrogen (secondary N) is 2. The normalized spacial score (nSPS) is 14.4. The van der Waals surface area contributed by atoms with Crippen molar-refractivity contribution in [1.29, 1.82) is 0 Å². The van der Waals surface area contributed by atoms with Gasteiger partial charge >= 0.3 is 0 Å². The van der Waals surface area contributed by atoms with Gasteiger partial charge in [0.05, 0.1) is 6.20 Å². The van der Waals surface area contributed by atoms with Gasteiger partial charge in [-0.1, -0.05) is 0 Å². The maximum absolute atomic E-state index is 11.7. The minimum absolute atomic E-state index is 0.0364. The summed E-state index contributed by atoms with van der Waals surface area (Å²) >= 11 is 0. The first-order valence-corrected chi connectivity index (χ1v) is 6.63. The molecule has 1 heterocycles. The standard InChI is InChI=1S/C9H16N4O2S/c1-6(3-4-16(2)15)12-9(14)7-5-11-13-8(7)10/h5-6H,3-4H2,1-2H3,(H,12,14)(H3,10,11,13). The zero-order valence-electron chi connectivity index (χ0n) is 9.32. The first-order valence-electron chi connectivity index (χ1n) is 4.90. The molecule has 16 heavy (non-hydrogen) atoms. The molecule has 0 aliphatic heterocycles. The highest BCUT2D eigenvalue weighted by atomic mass is 32.2. The molecule has 0 aliphatic rings. The third-order valence-electron chi connectivity index (χ3n) is 2.13. The Bertz CT molecular complexity index is 391. The van der Waals surface area contributed by atoms with E-state index >= 15 is 0 Å². The fourth-order valence-corrected chi connectivity index (χ4v) is 1.88. The van der Waals surface area contributed by atoms with E-state index in [0.717, 1.165) is 0 Å². The Morgan fingerprint density at radius 1 is 1.75 bits per heavy atom. The van der Waals surface area contributed by atoms with Crippen LogP contribution in [0.1, 0.15) is 23.7 Å². The van der Waals surface area contributed by atoms with Crippen LogP contribution in [0.3, 0.4) is 0 Å². The average Bonchev–Trinajstić information content (AvgIpc) is 2.61. The fourth-order valence-electron chi connectivity index (χ4n) is 1.19. The Kier molecular flexibility index (Phi) is 4.48. The highest BCUT2D eigenvalue weighted by molar-refractivity contribution is 7.84. The van der Waals surface area contributed by atoms with Gasteiger partial charge in [-0.2, -0.15) is 5.10 Å². The largest absolute Gasteiger partial charge is 0.383 e. The molecular formula is C9H16N4O2S. The smallest absolute Gasteiger partial charge is 0.256 e. The van der Waals surface area contributed by atoms with Crippen molar-refractivity contribution < 1.29 is 9.00 Å². The van der Waals surface area contributed by atoms with E-state index in [2.05, 4.69) is 15.5 Å². The number of rotatable bonds is 5. The summed E-state index contributed by atoms with van der Waals surface area (Å²) in [6.07, 6.45) is 3.70. The van der Waals surface area contributed by atoms with E-state index in [1.54, 1.807) is 6.26 Å². The third-order valence-corrected chi connectivity index (χ3v) is 2.94. The molecule has 7 heteroatoms. The molecule has 0 radical (unpaired) electrons. The van der Waals surface area contributed by atoms with Crippen LogP contribution in [-0.2, 0) is 10.8 Å².